The summed E-state index contributed by atoms with van der Waals surface area (Å²) >= 11 is 0. The zero-order chi connectivity index (χ0) is 21.3. The number of hydrogen-bond acceptors (Lipinski definition) is 5. The molecule has 0 fully saturated rings. The maximum atomic E-state index is 12.6. The van der Waals surface area contributed by atoms with Gasteiger partial charge in [-0.2, -0.15) is 0 Å². The second-order valence-electron chi connectivity index (χ2n) is 7.77. The van der Waals surface area contributed by atoms with Crippen LogP contribution in [-0.2, 0) is 11.3 Å². The Morgan fingerprint density at radius 1 is 1.17 bits per heavy atom. The molecule has 1 amide bonds. The highest BCUT2D eigenvalue weighted by atomic mass is 16.5. The van der Waals surface area contributed by atoms with Gasteiger partial charge in [0.25, 0.3) is 5.91 Å². The monoisotopic (exact) mass is 406 g/mol. The van der Waals surface area contributed by atoms with Crippen LogP contribution < -0.4 is 20.6 Å². The number of para-hydroxylation sites is 2. The number of nitrogens with zero attached hydrogens (tertiary/aromatic N) is 1. The average Bonchev–Trinajstić information content (AvgIpc) is 2.73. The van der Waals surface area contributed by atoms with Gasteiger partial charge in [-0.3, -0.25) is 4.79 Å². The Hall–Kier alpha value is -3.28. The molecule has 0 spiro atoms. The van der Waals surface area contributed by atoms with Crippen molar-refractivity contribution >= 4 is 22.6 Å². The Morgan fingerprint density at radius 3 is 2.73 bits per heavy atom. The summed E-state index contributed by atoms with van der Waals surface area (Å²) in [6.45, 7) is 7.55. The number of aryl methyl sites for hydroxylation is 2. The highest BCUT2D eigenvalue weighted by molar-refractivity contribution is 5.84. The summed E-state index contributed by atoms with van der Waals surface area (Å²) in [5.41, 5.74) is 4.19. The molecular weight excluding hydrogens is 380 g/mol. The molecule has 6 heteroatoms. The third kappa shape index (κ3) is 3.90. The number of hydrogen-bond donors (Lipinski definition) is 1. The summed E-state index contributed by atoms with van der Waals surface area (Å²) in [7, 11) is 0. The van der Waals surface area contributed by atoms with E-state index in [1.165, 1.54) is 0 Å². The zero-order valence-electron chi connectivity index (χ0n) is 17.5. The summed E-state index contributed by atoms with van der Waals surface area (Å²) < 4.78 is 11.4. The van der Waals surface area contributed by atoms with Crippen molar-refractivity contribution in [3.05, 3.63) is 69.6 Å². The van der Waals surface area contributed by atoms with Gasteiger partial charge in [0.2, 0.25) is 0 Å². The van der Waals surface area contributed by atoms with Crippen LogP contribution in [0, 0.1) is 13.8 Å². The fourth-order valence-corrected chi connectivity index (χ4v) is 3.77. The normalized spacial score (nSPS) is 15.6. The van der Waals surface area contributed by atoms with Crippen LogP contribution in [0.4, 0.5) is 5.69 Å². The van der Waals surface area contributed by atoms with E-state index < -0.39 is 6.10 Å². The zero-order valence-corrected chi connectivity index (χ0v) is 17.5. The third-order valence-corrected chi connectivity index (χ3v) is 5.51. The van der Waals surface area contributed by atoms with Crippen LogP contribution in [-0.4, -0.2) is 25.1 Å². The van der Waals surface area contributed by atoms with Crippen molar-refractivity contribution in [2.75, 3.05) is 18.0 Å². The Balaban J connectivity index is 1.72. The van der Waals surface area contributed by atoms with Gasteiger partial charge in [-0.25, -0.2) is 4.79 Å². The molecule has 0 radical (unpaired) electrons. The fraction of sp³-hybridized carbons (Fsp3) is 0.333. The first-order chi connectivity index (χ1) is 14.5. The molecule has 6 nitrogen and oxygen atoms in total. The van der Waals surface area contributed by atoms with Crippen LogP contribution in [0.2, 0.25) is 0 Å². The number of fused-ring (bicyclic) bond motifs is 2. The third-order valence-electron chi connectivity index (χ3n) is 5.51. The van der Waals surface area contributed by atoms with E-state index in [1.54, 1.807) is 6.07 Å². The van der Waals surface area contributed by atoms with Gasteiger partial charge in [-0.1, -0.05) is 19.1 Å². The lowest BCUT2D eigenvalue weighted by Gasteiger charge is -2.35. The first-order valence-corrected chi connectivity index (χ1v) is 10.3. The van der Waals surface area contributed by atoms with Crippen molar-refractivity contribution in [2.45, 2.75) is 39.8 Å². The summed E-state index contributed by atoms with van der Waals surface area (Å²) in [6, 6.07) is 13.2. The Bertz CT molecular complexity index is 1150. The molecule has 3 aromatic rings. The lowest BCUT2D eigenvalue weighted by Crippen LogP contribution is -2.49. The van der Waals surface area contributed by atoms with Crippen molar-refractivity contribution in [1.29, 1.82) is 0 Å². The van der Waals surface area contributed by atoms with Crippen LogP contribution >= 0.6 is 0 Å². The minimum Gasteiger partial charge on any atom is -0.477 e. The van der Waals surface area contributed by atoms with E-state index in [1.807, 2.05) is 51.1 Å². The van der Waals surface area contributed by atoms with Crippen LogP contribution in [0.1, 0.15) is 30.0 Å². The van der Waals surface area contributed by atoms with Crippen molar-refractivity contribution in [2.24, 2.45) is 0 Å². The standard InChI is InChI=1S/C24H26N2O4/c1-4-9-25-24(28)22-14-26(19-7-5-6-8-20(19)29-22)13-17-12-23(27)30-21-11-16(3)15(2)10-18(17)21/h5-8,10-12,22H,4,9,13-14H2,1-3H3,(H,25,28)/t22-/m0/s1. The van der Waals surface area contributed by atoms with Gasteiger partial charge in [0, 0.05) is 24.5 Å². The number of benzene rings is 2. The molecule has 0 saturated heterocycles. The summed E-state index contributed by atoms with van der Waals surface area (Å²) in [5.74, 6) is 0.542. The molecule has 0 aliphatic carbocycles. The topological polar surface area (TPSA) is 71.8 Å². The quantitative estimate of drug-likeness (QED) is 0.654. The number of rotatable bonds is 5. The molecule has 1 atom stereocenters. The van der Waals surface area contributed by atoms with E-state index in [-0.39, 0.29) is 11.5 Å². The second kappa shape index (κ2) is 8.22. The van der Waals surface area contributed by atoms with E-state index >= 15 is 0 Å². The van der Waals surface area contributed by atoms with Gasteiger partial charge in [-0.05, 0) is 61.2 Å². The minimum atomic E-state index is -0.609. The van der Waals surface area contributed by atoms with Crippen molar-refractivity contribution in [3.8, 4) is 5.75 Å². The molecule has 30 heavy (non-hydrogen) atoms. The van der Waals surface area contributed by atoms with E-state index in [9.17, 15) is 9.59 Å². The Labute approximate surface area is 175 Å². The SMILES string of the molecule is CCCNC(=O)[C@@H]1CN(Cc2cc(=O)oc3cc(C)c(C)cc23)c2ccccc2O1. The molecule has 0 bridgehead atoms. The molecule has 0 saturated carbocycles. The van der Waals surface area contributed by atoms with Gasteiger partial charge >= 0.3 is 5.63 Å². The molecule has 1 aliphatic rings. The lowest BCUT2D eigenvalue weighted by atomic mass is 10.0. The van der Waals surface area contributed by atoms with Crippen LogP contribution in [0.5, 0.6) is 5.75 Å². The van der Waals surface area contributed by atoms with E-state index in [4.69, 9.17) is 9.15 Å². The molecule has 1 aliphatic heterocycles. The first-order valence-electron chi connectivity index (χ1n) is 10.3. The molecular formula is C24H26N2O4. The van der Waals surface area contributed by atoms with Gasteiger partial charge in [0.05, 0.1) is 12.2 Å². The maximum Gasteiger partial charge on any atom is 0.336 e. The number of ether oxygens (including phenoxy) is 1. The van der Waals surface area contributed by atoms with E-state index in [2.05, 4.69) is 16.3 Å². The van der Waals surface area contributed by atoms with Gasteiger partial charge in [0.1, 0.15) is 11.3 Å². The van der Waals surface area contributed by atoms with E-state index in [0.717, 1.165) is 34.2 Å². The maximum absolute atomic E-state index is 12.6. The van der Waals surface area contributed by atoms with Crippen LogP contribution in [0.25, 0.3) is 11.0 Å². The molecule has 2 aromatic carbocycles. The highest BCUT2D eigenvalue weighted by Crippen LogP contribution is 2.35. The minimum absolute atomic E-state index is 0.125. The number of carbonyl (C=O) groups excluding carboxylic acids is 1. The van der Waals surface area contributed by atoms with Crippen molar-refractivity contribution in [1.82, 2.24) is 5.32 Å². The number of nitrogens with one attached hydrogen (secondary N) is 1. The predicted molar refractivity (Wildman–Crippen MR) is 117 cm³/mol. The van der Waals surface area contributed by atoms with Crippen molar-refractivity contribution in [3.63, 3.8) is 0 Å². The second-order valence-corrected chi connectivity index (χ2v) is 7.77. The molecule has 1 aromatic heterocycles. The van der Waals surface area contributed by atoms with Gasteiger partial charge in [0.15, 0.2) is 6.10 Å². The van der Waals surface area contributed by atoms with Crippen LogP contribution in [0.3, 0.4) is 0 Å². The lowest BCUT2D eigenvalue weighted by molar-refractivity contribution is -0.127. The smallest absolute Gasteiger partial charge is 0.336 e. The largest absolute Gasteiger partial charge is 0.477 e. The predicted octanol–water partition coefficient (Wildman–Crippen LogP) is 3.70. The number of amides is 1. The Kier molecular flexibility index (Phi) is 5.48. The summed E-state index contributed by atoms with van der Waals surface area (Å²) in [5, 5.41) is 3.82. The van der Waals surface area contributed by atoms with Gasteiger partial charge in [-0.15, -0.1) is 0 Å². The number of carbonyl (C=O) groups is 1. The summed E-state index contributed by atoms with van der Waals surface area (Å²) in [6.07, 6.45) is 0.255. The molecule has 1 N–H and O–H groups in total. The average molecular weight is 406 g/mol. The molecule has 4 rings (SSSR count). The fourth-order valence-electron chi connectivity index (χ4n) is 3.77. The molecule has 0 unspecified atom stereocenters. The number of anilines is 1. The van der Waals surface area contributed by atoms with Gasteiger partial charge < -0.3 is 19.4 Å². The molecule has 156 valence electrons. The van der Waals surface area contributed by atoms with E-state index in [0.29, 0.717) is 31.0 Å². The van der Waals surface area contributed by atoms with Crippen molar-refractivity contribution < 1.29 is 13.9 Å². The molecule has 2 heterocycles. The first kappa shape index (κ1) is 20.0. The summed E-state index contributed by atoms with van der Waals surface area (Å²) in [4.78, 5) is 26.9. The van der Waals surface area contributed by atoms with Crippen LogP contribution in [0.15, 0.2) is 51.7 Å². The Morgan fingerprint density at radius 2 is 1.93 bits per heavy atom. The highest BCUT2D eigenvalue weighted by Gasteiger charge is 2.30.